The Hall–Kier alpha value is -2.71. The Morgan fingerprint density at radius 3 is 2.74 bits per heavy atom. The molecule has 2 aromatic rings. The first-order valence-corrected chi connectivity index (χ1v) is 12.9. The topological polar surface area (TPSA) is 74.8 Å². The number of nitrogens with one attached hydrogen (secondary N) is 1. The van der Waals surface area contributed by atoms with Crippen LogP contribution in [0.1, 0.15) is 42.3 Å². The van der Waals surface area contributed by atoms with E-state index in [-0.39, 0.29) is 17.9 Å². The molecule has 182 valence electrons. The number of imide groups is 1. The quantitative estimate of drug-likeness (QED) is 0.406. The maximum atomic E-state index is 13.5. The van der Waals surface area contributed by atoms with Crippen LogP contribution in [0.4, 0.5) is 4.79 Å². The third-order valence-electron chi connectivity index (χ3n) is 7.17. The van der Waals surface area contributed by atoms with E-state index in [1.807, 2.05) is 37.6 Å². The number of hydrogen-bond donors (Lipinski definition) is 1. The highest BCUT2D eigenvalue weighted by molar-refractivity contribution is 7.09. The zero-order valence-electron chi connectivity index (χ0n) is 20.1. The van der Waals surface area contributed by atoms with E-state index in [4.69, 9.17) is 4.74 Å². The summed E-state index contributed by atoms with van der Waals surface area (Å²) in [6.45, 7) is 11.2. The molecule has 34 heavy (non-hydrogen) atoms. The molecule has 3 amide bonds. The molecule has 0 unspecified atom stereocenters. The Morgan fingerprint density at radius 1 is 1.29 bits per heavy atom. The van der Waals surface area contributed by atoms with Gasteiger partial charge in [0.15, 0.2) is 0 Å². The van der Waals surface area contributed by atoms with Crippen LogP contribution in [0.2, 0.25) is 0 Å². The number of aromatic nitrogens is 1. The van der Waals surface area contributed by atoms with E-state index in [2.05, 4.69) is 27.8 Å². The predicted octanol–water partition coefficient (Wildman–Crippen LogP) is 4.17. The van der Waals surface area contributed by atoms with E-state index in [0.717, 1.165) is 54.4 Å². The highest BCUT2D eigenvalue weighted by Gasteiger charge is 2.54. The average molecular weight is 483 g/mol. The minimum Gasteiger partial charge on any atom is -0.489 e. The van der Waals surface area contributed by atoms with Crippen LogP contribution in [0.25, 0.3) is 0 Å². The zero-order valence-corrected chi connectivity index (χ0v) is 20.9. The second-order valence-electron chi connectivity index (χ2n) is 9.08. The molecule has 2 aliphatic rings. The minimum absolute atomic E-state index is 0.0659. The lowest BCUT2D eigenvalue weighted by atomic mass is 9.75. The number of rotatable bonds is 10. The number of ether oxygens (including phenoxy) is 1. The van der Waals surface area contributed by atoms with Crippen LogP contribution in [-0.4, -0.2) is 58.5 Å². The molecule has 1 aromatic heterocycles. The molecule has 1 aromatic carbocycles. The van der Waals surface area contributed by atoms with Gasteiger partial charge in [-0.2, -0.15) is 0 Å². The van der Waals surface area contributed by atoms with Crippen LogP contribution < -0.4 is 10.1 Å². The maximum absolute atomic E-state index is 13.5. The number of amides is 3. The van der Waals surface area contributed by atoms with Gasteiger partial charge >= 0.3 is 6.03 Å². The lowest BCUT2D eigenvalue weighted by Crippen LogP contribution is -2.55. The molecule has 0 spiro atoms. The Balaban J connectivity index is 1.38. The summed E-state index contributed by atoms with van der Waals surface area (Å²) in [5.74, 6) is 0.955. The van der Waals surface area contributed by atoms with Gasteiger partial charge in [-0.25, -0.2) is 9.78 Å². The first kappa shape index (κ1) is 24.4. The number of aryl methyl sites for hydroxylation is 1. The van der Waals surface area contributed by atoms with Crippen molar-refractivity contribution < 1.29 is 14.3 Å². The monoisotopic (exact) mass is 482 g/mol. The number of para-hydroxylation sites is 1. The molecule has 2 saturated heterocycles. The van der Waals surface area contributed by atoms with Crippen LogP contribution in [0.3, 0.4) is 0 Å². The highest BCUT2D eigenvalue weighted by Crippen LogP contribution is 2.37. The van der Waals surface area contributed by atoms with Crippen LogP contribution in [0, 0.1) is 12.8 Å². The van der Waals surface area contributed by atoms with E-state index >= 15 is 0 Å². The molecule has 0 bridgehead atoms. The summed E-state index contributed by atoms with van der Waals surface area (Å²) in [4.78, 5) is 35.6. The molecular formula is C26H34N4O3S. The fourth-order valence-corrected chi connectivity index (χ4v) is 5.95. The first-order valence-electron chi connectivity index (χ1n) is 12.1. The maximum Gasteiger partial charge on any atom is 0.325 e. The lowest BCUT2D eigenvalue weighted by molar-refractivity contribution is -0.134. The van der Waals surface area contributed by atoms with E-state index in [1.54, 1.807) is 17.4 Å². The Kier molecular flexibility index (Phi) is 7.68. The summed E-state index contributed by atoms with van der Waals surface area (Å²) in [6, 6.07) is 7.85. The highest BCUT2D eigenvalue weighted by atomic mass is 32.1. The van der Waals surface area contributed by atoms with Crippen LogP contribution in [0.15, 0.2) is 42.4 Å². The largest absolute Gasteiger partial charge is 0.489 e. The van der Waals surface area contributed by atoms with E-state index in [1.165, 1.54) is 4.90 Å². The van der Waals surface area contributed by atoms with Crippen LogP contribution in [0.5, 0.6) is 5.75 Å². The number of carbonyl (C=O) groups excluding carboxylic acids is 2. The van der Waals surface area contributed by atoms with Crippen molar-refractivity contribution in [2.24, 2.45) is 5.92 Å². The number of thiazole rings is 1. The van der Waals surface area contributed by atoms with Gasteiger partial charge in [-0.15, -0.1) is 11.3 Å². The van der Waals surface area contributed by atoms with E-state index in [0.29, 0.717) is 26.0 Å². The summed E-state index contributed by atoms with van der Waals surface area (Å²) < 4.78 is 5.81. The van der Waals surface area contributed by atoms with Gasteiger partial charge in [0.25, 0.3) is 5.91 Å². The molecule has 1 N–H and O–H groups in total. The second-order valence-corrected chi connectivity index (χ2v) is 10.0. The minimum atomic E-state index is -0.795. The fraction of sp³-hybridized carbons (Fsp3) is 0.500. The number of nitrogens with zero attached hydrogens (tertiary/aromatic N) is 3. The summed E-state index contributed by atoms with van der Waals surface area (Å²) in [6.07, 6.45) is 4.76. The third-order valence-corrected chi connectivity index (χ3v) is 8.17. The van der Waals surface area contributed by atoms with Gasteiger partial charge in [-0.05, 0) is 51.3 Å². The van der Waals surface area contributed by atoms with Crippen molar-refractivity contribution in [2.75, 3.05) is 26.2 Å². The summed E-state index contributed by atoms with van der Waals surface area (Å²) in [7, 11) is 0. The number of benzene rings is 1. The zero-order chi connectivity index (χ0) is 24.1. The van der Waals surface area contributed by atoms with Crippen molar-refractivity contribution >= 4 is 23.3 Å². The molecule has 7 nitrogen and oxygen atoms in total. The van der Waals surface area contributed by atoms with E-state index < -0.39 is 5.54 Å². The van der Waals surface area contributed by atoms with Gasteiger partial charge in [0.2, 0.25) is 0 Å². The van der Waals surface area contributed by atoms with Crippen molar-refractivity contribution in [2.45, 2.75) is 51.6 Å². The smallest absolute Gasteiger partial charge is 0.325 e. The van der Waals surface area contributed by atoms with Crippen LogP contribution >= 0.6 is 11.3 Å². The molecule has 0 radical (unpaired) electrons. The van der Waals surface area contributed by atoms with Gasteiger partial charge in [0.05, 0.1) is 11.2 Å². The van der Waals surface area contributed by atoms with Crippen molar-refractivity contribution in [1.29, 1.82) is 0 Å². The van der Waals surface area contributed by atoms with Gasteiger partial charge in [-0.3, -0.25) is 14.6 Å². The van der Waals surface area contributed by atoms with Gasteiger partial charge in [0.1, 0.15) is 17.9 Å². The standard InChI is InChI=1S/C26H34N4O3S/c1-4-16-33-22-9-7-6-8-20(22)17-29-13-10-21(11-14-29)26(5-2)24(31)30(25(32)28-26)15-12-23-19(3)27-18-34-23/h4,6-9,18,21H,1,5,10-17H2,2-3H3,(H,28,32)/t26-/m0/s1. The number of hydrogen-bond acceptors (Lipinski definition) is 6. The lowest BCUT2D eigenvalue weighted by Gasteiger charge is -2.40. The van der Waals surface area contributed by atoms with E-state index in [9.17, 15) is 9.59 Å². The molecular weight excluding hydrogens is 448 g/mol. The Bertz CT molecular complexity index is 1030. The third kappa shape index (κ3) is 4.88. The van der Waals surface area contributed by atoms with Crippen molar-refractivity contribution in [1.82, 2.24) is 20.1 Å². The predicted molar refractivity (Wildman–Crippen MR) is 134 cm³/mol. The van der Waals surface area contributed by atoms with Crippen molar-refractivity contribution in [3.05, 3.63) is 58.6 Å². The van der Waals surface area contributed by atoms with Gasteiger partial charge in [-0.1, -0.05) is 37.8 Å². The average Bonchev–Trinajstić information content (AvgIpc) is 3.37. The molecule has 4 rings (SSSR count). The fourth-order valence-electron chi connectivity index (χ4n) is 5.18. The first-order chi connectivity index (χ1) is 16.5. The number of piperidine rings is 1. The summed E-state index contributed by atoms with van der Waals surface area (Å²) >= 11 is 1.58. The molecule has 2 fully saturated rings. The molecule has 1 atom stereocenters. The summed E-state index contributed by atoms with van der Waals surface area (Å²) in [5, 5.41) is 3.11. The van der Waals surface area contributed by atoms with Crippen molar-refractivity contribution in [3.8, 4) is 5.75 Å². The van der Waals surface area contributed by atoms with Gasteiger partial charge < -0.3 is 10.1 Å². The second kappa shape index (κ2) is 10.7. The molecule has 3 heterocycles. The normalized spacial score (nSPS) is 21.6. The number of urea groups is 1. The molecule has 0 saturated carbocycles. The summed E-state index contributed by atoms with van der Waals surface area (Å²) in [5.41, 5.74) is 3.15. The van der Waals surface area contributed by atoms with Crippen molar-refractivity contribution in [3.63, 3.8) is 0 Å². The molecule has 0 aliphatic carbocycles. The Labute approximate surface area is 205 Å². The number of carbonyl (C=O) groups is 2. The molecule has 8 heteroatoms. The van der Waals surface area contributed by atoms with Crippen LogP contribution in [-0.2, 0) is 17.8 Å². The van der Waals surface area contributed by atoms with Gasteiger partial charge in [0, 0.05) is 30.0 Å². The molecule has 2 aliphatic heterocycles. The Morgan fingerprint density at radius 2 is 2.06 bits per heavy atom. The number of likely N-dealkylation sites (tertiary alicyclic amines) is 1. The SMILES string of the molecule is C=CCOc1ccccc1CN1CCC([C@]2(CC)NC(=O)N(CCc3scnc3C)C2=O)CC1.